The van der Waals surface area contributed by atoms with Crippen LogP contribution in [0.5, 0.6) is 0 Å². The van der Waals surface area contributed by atoms with Gasteiger partial charge in [-0.25, -0.2) is 0 Å². The Morgan fingerprint density at radius 2 is 2.25 bits per heavy atom. The third kappa shape index (κ3) is 4.31. The van der Waals surface area contributed by atoms with Crippen LogP contribution >= 0.6 is 15.9 Å². The highest BCUT2D eigenvalue weighted by molar-refractivity contribution is 9.12. The van der Waals surface area contributed by atoms with E-state index in [4.69, 9.17) is 10.8 Å². The molecule has 0 heterocycles. The second kappa shape index (κ2) is 5.97. The van der Waals surface area contributed by atoms with Crippen molar-refractivity contribution in [1.82, 2.24) is 0 Å². The summed E-state index contributed by atoms with van der Waals surface area (Å²) in [5.41, 5.74) is 5.81. The minimum atomic E-state index is -0.552. The average molecular weight is 233 g/mol. The Hall–Kier alpha value is -0.610. The molecule has 0 amide bonds. The smallest absolute Gasteiger partial charge is 0.0928 e. The second-order valence-electron chi connectivity index (χ2n) is 2.20. The summed E-state index contributed by atoms with van der Waals surface area (Å²) in [6.07, 6.45) is 4.13. The normalized spacial score (nSPS) is 17.0. The molecule has 0 radical (unpaired) electrons. The molecule has 0 aliphatic heterocycles. The van der Waals surface area contributed by atoms with Crippen LogP contribution in [-0.4, -0.2) is 17.4 Å². The fourth-order valence-electron chi connectivity index (χ4n) is 0.603. The lowest BCUT2D eigenvalue weighted by atomic mass is 10.3. The van der Waals surface area contributed by atoms with Crippen molar-refractivity contribution in [1.29, 1.82) is 0 Å². The molecule has 0 aliphatic carbocycles. The predicted octanol–water partition coefficient (Wildman–Crippen LogP) is 1.54. The fraction of sp³-hybridized carbons (Fsp3) is 0.375. The van der Waals surface area contributed by atoms with E-state index in [1.54, 1.807) is 19.2 Å². The lowest BCUT2D eigenvalue weighted by molar-refractivity contribution is 0.230. The number of rotatable bonds is 3. The van der Waals surface area contributed by atoms with Crippen LogP contribution < -0.4 is 5.73 Å². The zero-order chi connectivity index (χ0) is 9.56. The van der Waals surface area contributed by atoms with Crippen molar-refractivity contribution in [3.8, 4) is 0 Å². The number of hydrogen-bond donors (Lipinski definition) is 2. The van der Waals surface area contributed by atoms with Crippen LogP contribution in [0.1, 0.15) is 13.8 Å². The van der Waals surface area contributed by atoms with Gasteiger partial charge < -0.3 is 10.8 Å². The molecule has 1 atom stereocenters. The highest BCUT2D eigenvalue weighted by atomic mass is 79.9. The molecule has 0 rings (SSSR count). The first-order valence-electron chi connectivity index (χ1n) is 3.57. The van der Waals surface area contributed by atoms with E-state index in [2.05, 4.69) is 20.9 Å². The third-order valence-electron chi connectivity index (χ3n) is 1.22. The van der Waals surface area contributed by atoms with Crippen molar-refractivity contribution in [2.75, 3.05) is 0 Å². The van der Waals surface area contributed by atoms with Crippen LogP contribution in [0.2, 0.25) is 0 Å². The van der Waals surface area contributed by atoms with Crippen molar-refractivity contribution in [2.24, 2.45) is 10.7 Å². The number of nitrogens with two attached hydrogens (primary N) is 1. The van der Waals surface area contributed by atoms with Gasteiger partial charge in [0.1, 0.15) is 0 Å². The Bertz CT molecular complexity index is 219. The molecular formula is C8H13BrN2O. The molecule has 0 spiro atoms. The first-order chi connectivity index (χ1) is 5.61. The monoisotopic (exact) mass is 232 g/mol. The molecule has 3 nitrogen and oxygen atoms in total. The summed E-state index contributed by atoms with van der Waals surface area (Å²) < 4.78 is 0.683. The molecule has 0 bridgehead atoms. The summed E-state index contributed by atoms with van der Waals surface area (Å²) in [5.74, 6) is 0. The zero-order valence-corrected chi connectivity index (χ0v) is 8.75. The molecule has 0 aromatic heterocycles. The van der Waals surface area contributed by atoms with Crippen LogP contribution in [0.3, 0.4) is 0 Å². The maximum Gasteiger partial charge on any atom is 0.0928 e. The Morgan fingerprint density at radius 1 is 1.67 bits per heavy atom. The van der Waals surface area contributed by atoms with Gasteiger partial charge in [0, 0.05) is 12.4 Å². The topological polar surface area (TPSA) is 58.6 Å². The Kier molecular flexibility index (Phi) is 5.66. The van der Waals surface area contributed by atoms with E-state index in [9.17, 15) is 0 Å². The van der Waals surface area contributed by atoms with E-state index in [1.807, 2.05) is 6.92 Å². The van der Waals surface area contributed by atoms with Crippen LogP contribution in [0.15, 0.2) is 27.4 Å². The Morgan fingerprint density at radius 3 is 2.58 bits per heavy atom. The van der Waals surface area contributed by atoms with Crippen LogP contribution in [-0.2, 0) is 0 Å². The standard InChI is InChI=1S/C8H13BrN2O/c1-3-8(6(2)12)11-5-7(9)4-10/h3-6,12H,10H2,1-2H3/b7-4+,8-3-,11-5-. The van der Waals surface area contributed by atoms with Gasteiger partial charge in [0.15, 0.2) is 0 Å². The lowest BCUT2D eigenvalue weighted by Crippen LogP contribution is -2.02. The van der Waals surface area contributed by atoms with E-state index in [0.29, 0.717) is 10.2 Å². The minimum absolute atomic E-state index is 0.552. The van der Waals surface area contributed by atoms with Crippen LogP contribution in [0, 0.1) is 0 Å². The molecule has 3 N–H and O–H groups in total. The predicted molar refractivity (Wildman–Crippen MR) is 55.1 cm³/mol. The molecular weight excluding hydrogens is 220 g/mol. The van der Waals surface area contributed by atoms with Crippen molar-refractivity contribution in [3.63, 3.8) is 0 Å². The minimum Gasteiger partial charge on any atom is -0.404 e. The van der Waals surface area contributed by atoms with E-state index in [0.717, 1.165) is 0 Å². The van der Waals surface area contributed by atoms with Crippen molar-refractivity contribution < 1.29 is 5.11 Å². The number of nitrogens with zero attached hydrogens (tertiary/aromatic N) is 1. The van der Waals surface area contributed by atoms with Crippen molar-refractivity contribution in [2.45, 2.75) is 20.0 Å². The van der Waals surface area contributed by atoms with E-state index in [-0.39, 0.29) is 0 Å². The van der Waals surface area contributed by atoms with Gasteiger partial charge in [-0.3, -0.25) is 4.99 Å². The number of hydrogen-bond acceptors (Lipinski definition) is 3. The average Bonchev–Trinajstić information content (AvgIpc) is 2.04. The number of halogens is 1. The highest BCUT2D eigenvalue weighted by Gasteiger charge is 1.99. The van der Waals surface area contributed by atoms with Gasteiger partial charge in [-0.05, 0) is 29.8 Å². The molecule has 4 heteroatoms. The van der Waals surface area contributed by atoms with Gasteiger partial charge in [0.2, 0.25) is 0 Å². The molecule has 0 aromatic carbocycles. The molecule has 1 unspecified atom stereocenters. The third-order valence-corrected chi connectivity index (χ3v) is 1.69. The van der Waals surface area contributed by atoms with Crippen LogP contribution in [0.4, 0.5) is 0 Å². The fourth-order valence-corrected chi connectivity index (χ4v) is 0.705. The maximum atomic E-state index is 9.15. The first-order valence-corrected chi connectivity index (χ1v) is 4.36. The van der Waals surface area contributed by atoms with Crippen LogP contribution in [0.25, 0.3) is 0 Å². The number of aliphatic hydroxyl groups is 1. The first kappa shape index (κ1) is 11.4. The summed E-state index contributed by atoms with van der Waals surface area (Å²) in [7, 11) is 0. The molecule has 0 saturated carbocycles. The maximum absolute atomic E-state index is 9.15. The zero-order valence-electron chi connectivity index (χ0n) is 7.16. The van der Waals surface area contributed by atoms with Gasteiger partial charge >= 0.3 is 0 Å². The largest absolute Gasteiger partial charge is 0.404 e. The quantitative estimate of drug-likeness (QED) is 0.726. The van der Waals surface area contributed by atoms with Gasteiger partial charge in [0.05, 0.1) is 16.3 Å². The highest BCUT2D eigenvalue weighted by Crippen LogP contribution is 2.05. The van der Waals surface area contributed by atoms with E-state index >= 15 is 0 Å². The Labute approximate surface area is 80.8 Å². The Balaban J connectivity index is 4.32. The van der Waals surface area contributed by atoms with Gasteiger partial charge in [-0.1, -0.05) is 6.08 Å². The summed E-state index contributed by atoms with van der Waals surface area (Å²) in [5, 5.41) is 9.15. The summed E-state index contributed by atoms with van der Waals surface area (Å²) in [6.45, 7) is 3.48. The molecule has 0 aliphatic rings. The van der Waals surface area contributed by atoms with Gasteiger partial charge in [-0.15, -0.1) is 0 Å². The SMILES string of the molecule is C\C=C(/N=C\C(Br)=C/N)C(C)O. The number of aliphatic imine (C=N–C) groups is 1. The molecule has 12 heavy (non-hydrogen) atoms. The van der Waals surface area contributed by atoms with Gasteiger partial charge in [-0.2, -0.15) is 0 Å². The molecule has 68 valence electrons. The summed E-state index contributed by atoms with van der Waals surface area (Å²) in [6, 6.07) is 0. The second-order valence-corrected chi connectivity index (χ2v) is 3.11. The summed E-state index contributed by atoms with van der Waals surface area (Å²) in [4.78, 5) is 4.00. The number of allylic oxidation sites excluding steroid dienone is 2. The van der Waals surface area contributed by atoms with Crippen molar-refractivity contribution >= 4 is 22.1 Å². The lowest BCUT2D eigenvalue weighted by Gasteiger charge is -2.02. The number of aliphatic hydroxyl groups excluding tert-OH is 1. The van der Waals surface area contributed by atoms with Gasteiger partial charge in [0.25, 0.3) is 0 Å². The summed E-state index contributed by atoms with van der Waals surface area (Å²) >= 11 is 3.16. The van der Waals surface area contributed by atoms with E-state index in [1.165, 1.54) is 6.20 Å². The molecule has 0 saturated heterocycles. The van der Waals surface area contributed by atoms with Crippen molar-refractivity contribution in [3.05, 3.63) is 22.5 Å². The molecule has 0 aromatic rings. The molecule has 0 fully saturated rings. The van der Waals surface area contributed by atoms with E-state index < -0.39 is 6.10 Å².